The number of alkyl halides is 3. The number of esters is 1. The molecular weight excluding hydrogens is 289 g/mol. The molecule has 0 amide bonds. The monoisotopic (exact) mass is 298 g/mol. The van der Waals surface area contributed by atoms with Crippen LogP contribution in [0.3, 0.4) is 0 Å². The second kappa shape index (κ2) is 6.02. The number of carbonyl (C=O) groups excluding carboxylic acids is 1. The van der Waals surface area contributed by atoms with Gasteiger partial charge in [-0.25, -0.2) is 0 Å². The molecule has 9 heteroatoms. The van der Waals surface area contributed by atoms with E-state index in [1.807, 2.05) is 0 Å². The molecule has 0 aliphatic heterocycles. The molecule has 0 saturated carbocycles. The summed E-state index contributed by atoms with van der Waals surface area (Å²) in [5.74, 6) is -1.41. The molecular formula is C10H9F3O5S. The van der Waals surface area contributed by atoms with Gasteiger partial charge in [0.05, 0.1) is 5.56 Å². The third kappa shape index (κ3) is 4.87. The zero-order chi connectivity index (χ0) is 14.6. The van der Waals surface area contributed by atoms with Gasteiger partial charge in [0.1, 0.15) is 6.61 Å². The largest absolute Gasteiger partial charge is 0.461 e. The van der Waals surface area contributed by atoms with E-state index in [9.17, 15) is 22.2 Å². The highest BCUT2D eigenvalue weighted by atomic mass is 32.2. The van der Waals surface area contributed by atoms with Crippen LogP contribution in [0.25, 0.3) is 0 Å². The molecule has 0 fully saturated rings. The van der Waals surface area contributed by atoms with Crippen molar-refractivity contribution in [2.24, 2.45) is 0 Å². The lowest BCUT2D eigenvalue weighted by molar-refractivity contribution is -0.142. The van der Waals surface area contributed by atoms with Gasteiger partial charge in [-0.1, -0.05) is 6.07 Å². The number of hydrogen-bond donors (Lipinski definition) is 1. The molecule has 1 N–H and O–H groups in total. The van der Waals surface area contributed by atoms with Crippen LogP contribution in [0.2, 0.25) is 0 Å². The maximum Gasteiger partial charge on any atom is 0.420 e. The number of benzene rings is 1. The fourth-order valence-corrected chi connectivity index (χ4v) is 1.52. The lowest BCUT2D eigenvalue weighted by atomic mass is 10.1. The normalized spacial score (nSPS) is 12.9. The Balaban J connectivity index is 3.08. The molecule has 19 heavy (non-hydrogen) atoms. The van der Waals surface area contributed by atoms with Gasteiger partial charge in [0.15, 0.2) is 5.75 Å². The van der Waals surface area contributed by atoms with E-state index >= 15 is 0 Å². The molecule has 5 nitrogen and oxygen atoms in total. The van der Waals surface area contributed by atoms with Crippen LogP contribution in [0.1, 0.15) is 18.1 Å². The number of carbonyl (C=O) groups is 1. The molecule has 1 unspecified atom stereocenters. The third-order valence-corrected chi connectivity index (χ3v) is 2.27. The summed E-state index contributed by atoms with van der Waals surface area (Å²) in [6.07, 6.45) is -4.76. The van der Waals surface area contributed by atoms with Crippen LogP contribution in [0.4, 0.5) is 13.2 Å². The Morgan fingerprint density at radius 1 is 1.42 bits per heavy atom. The second-order valence-corrected chi connectivity index (χ2v) is 4.01. The van der Waals surface area contributed by atoms with Crippen LogP contribution in [-0.2, 0) is 33.7 Å². The summed E-state index contributed by atoms with van der Waals surface area (Å²) >= 11 is -2.86. The molecule has 0 spiro atoms. The molecule has 1 atom stereocenters. The minimum Gasteiger partial charge on any atom is -0.461 e. The number of ether oxygens (including phenoxy) is 1. The smallest absolute Gasteiger partial charge is 0.420 e. The van der Waals surface area contributed by atoms with E-state index in [1.54, 1.807) is 0 Å². The van der Waals surface area contributed by atoms with E-state index < -0.39 is 34.8 Å². The second-order valence-electron chi connectivity index (χ2n) is 3.41. The standard InChI is InChI=1S/C10H9F3O5S/c1-6(14)17-5-7-2-3-9(18-19(15)16)8(4-7)10(11,12)13/h2-4H,5H2,1H3,(H,15,16). The summed E-state index contributed by atoms with van der Waals surface area (Å²) < 4.78 is 65.7. The third-order valence-electron chi connectivity index (χ3n) is 1.95. The van der Waals surface area contributed by atoms with Gasteiger partial charge in [-0.2, -0.15) is 17.4 Å². The van der Waals surface area contributed by atoms with Crippen molar-refractivity contribution in [3.8, 4) is 5.75 Å². The Bertz CT molecular complexity index is 500. The lowest BCUT2D eigenvalue weighted by Crippen LogP contribution is -2.11. The molecule has 0 aliphatic rings. The predicted molar refractivity (Wildman–Crippen MR) is 58.3 cm³/mol. The summed E-state index contributed by atoms with van der Waals surface area (Å²) in [6, 6.07) is 2.77. The van der Waals surface area contributed by atoms with Crippen LogP contribution < -0.4 is 4.18 Å². The molecule has 0 bridgehead atoms. The van der Waals surface area contributed by atoms with Crippen molar-refractivity contribution >= 4 is 17.3 Å². The van der Waals surface area contributed by atoms with Gasteiger partial charge in [0.2, 0.25) is 0 Å². The van der Waals surface area contributed by atoms with Gasteiger partial charge in [-0.15, -0.1) is 0 Å². The highest BCUT2D eigenvalue weighted by Crippen LogP contribution is 2.37. The van der Waals surface area contributed by atoms with Crippen LogP contribution in [-0.4, -0.2) is 14.7 Å². The topological polar surface area (TPSA) is 72.8 Å². The summed E-state index contributed by atoms with van der Waals surface area (Å²) in [5.41, 5.74) is -1.14. The van der Waals surface area contributed by atoms with Gasteiger partial charge in [0.25, 0.3) is 0 Å². The van der Waals surface area contributed by atoms with E-state index in [4.69, 9.17) is 4.55 Å². The van der Waals surface area contributed by atoms with Crippen molar-refractivity contribution in [2.45, 2.75) is 19.7 Å². The van der Waals surface area contributed by atoms with Crippen molar-refractivity contribution in [2.75, 3.05) is 0 Å². The molecule has 0 radical (unpaired) electrons. The zero-order valence-electron chi connectivity index (χ0n) is 9.56. The zero-order valence-corrected chi connectivity index (χ0v) is 10.4. The minimum absolute atomic E-state index is 0.0820. The Morgan fingerprint density at radius 3 is 2.53 bits per heavy atom. The average Bonchev–Trinajstić information content (AvgIpc) is 2.25. The van der Waals surface area contributed by atoms with Crippen LogP contribution >= 0.6 is 0 Å². The van der Waals surface area contributed by atoms with Gasteiger partial charge in [-0.3, -0.25) is 9.35 Å². The summed E-state index contributed by atoms with van der Waals surface area (Å²) in [5, 5.41) is 0. The molecule has 1 aromatic rings. The maximum atomic E-state index is 12.7. The first-order chi connectivity index (χ1) is 8.70. The lowest BCUT2D eigenvalue weighted by Gasteiger charge is -2.13. The molecule has 1 aromatic carbocycles. The quantitative estimate of drug-likeness (QED) is 0.682. The number of halogens is 3. The van der Waals surface area contributed by atoms with Crippen LogP contribution in [0, 0.1) is 0 Å². The fourth-order valence-electron chi connectivity index (χ4n) is 1.22. The van der Waals surface area contributed by atoms with E-state index in [1.165, 1.54) is 6.07 Å². The molecule has 0 aliphatic carbocycles. The van der Waals surface area contributed by atoms with Gasteiger partial charge in [0, 0.05) is 6.92 Å². The van der Waals surface area contributed by atoms with Crippen molar-refractivity contribution in [1.29, 1.82) is 0 Å². The van der Waals surface area contributed by atoms with E-state index in [0.29, 0.717) is 6.07 Å². The summed E-state index contributed by atoms with van der Waals surface area (Å²) in [4.78, 5) is 10.6. The molecule has 0 heterocycles. The first kappa shape index (κ1) is 15.4. The Kier molecular flexibility index (Phi) is 4.90. The Hall–Kier alpha value is -1.61. The first-order valence-corrected chi connectivity index (χ1v) is 5.86. The SMILES string of the molecule is CC(=O)OCc1ccc(OS(=O)O)c(C(F)(F)F)c1. The molecule has 0 saturated heterocycles. The molecule has 0 aromatic heterocycles. The Morgan fingerprint density at radius 2 is 2.05 bits per heavy atom. The number of hydrogen-bond acceptors (Lipinski definition) is 4. The van der Waals surface area contributed by atoms with E-state index in [2.05, 4.69) is 8.92 Å². The maximum absolute atomic E-state index is 12.7. The van der Waals surface area contributed by atoms with Gasteiger partial charge in [-0.05, 0) is 17.7 Å². The molecule has 106 valence electrons. The highest BCUT2D eigenvalue weighted by molar-refractivity contribution is 7.74. The first-order valence-electron chi connectivity index (χ1n) is 4.83. The van der Waals surface area contributed by atoms with Gasteiger partial charge >= 0.3 is 23.5 Å². The van der Waals surface area contributed by atoms with E-state index in [0.717, 1.165) is 13.0 Å². The summed E-state index contributed by atoms with van der Waals surface area (Å²) in [6.45, 7) is 0.790. The number of rotatable bonds is 4. The predicted octanol–water partition coefficient (Wildman–Crippen LogP) is 2.28. The van der Waals surface area contributed by atoms with Crippen molar-refractivity contribution < 1.29 is 35.6 Å². The minimum atomic E-state index is -4.76. The van der Waals surface area contributed by atoms with Gasteiger partial charge < -0.3 is 8.92 Å². The van der Waals surface area contributed by atoms with Crippen LogP contribution in [0.5, 0.6) is 5.75 Å². The van der Waals surface area contributed by atoms with E-state index in [-0.39, 0.29) is 12.2 Å². The summed E-state index contributed by atoms with van der Waals surface area (Å²) in [7, 11) is 0. The Labute approximate surface area is 108 Å². The van der Waals surface area contributed by atoms with Crippen LogP contribution in [0.15, 0.2) is 18.2 Å². The van der Waals surface area contributed by atoms with Crippen molar-refractivity contribution in [1.82, 2.24) is 0 Å². The van der Waals surface area contributed by atoms with Crippen molar-refractivity contribution in [3.05, 3.63) is 29.3 Å². The van der Waals surface area contributed by atoms with Crippen molar-refractivity contribution in [3.63, 3.8) is 0 Å². The molecule has 1 rings (SSSR count). The average molecular weight is 298 g/mol. The highest BCUT2D eigenvalue weighted by Gasteiger charge is 2.35. The fraction of sp³-hybridized carbons (Fsp3) is 0.300.